The molecule has 0 radical (unpaired) electrons. The fraction of sp³-hybridized carbons (Fsp3) is 0.333. The Balaban J connectivity index is 2.41. The summed E-state index contributed by atoms with van der Waals surface area (Å²) in [6.07, 6.45) is 0. The van der Waals surface area contributed by atoms with E-state index >= 15 is 0 Å². The highest BCUT2D eigenvalue weighted by atomic mass is 79.9. The number of hydrogen-bond donors (Lipinski definition) is 1. The van der Waals surface area contributed by atoms with Gasteiger partial charge in [-0.05, 0) is 32.0 Å². The van der Waals surface area contributed by atoms with Gasteiger partial charge in [-0.15, -0.1) is 0 Å². The molecule has 0 atom stereocenters. The van der Waals surface area contributed by atoms with Crippen LogP contribution in [0.15, 0.2) is 27.2 Å². The number of ether oxygens (including phenoxy) is 1. The first-order chi connectivity index (χ1) is 8.44. The van der Waals surface area contributed by atoms with Gasteiger partial charge in [-0.2, -0.15) is 4.98 Å². The van der Waals surface area contributed by atoms with Gasteiger partial charge in [0.15, 0.2) is 0 Å². The number of hydrogen-bond acceptors (Lipinski definition) is 5. The molecule has 0 amide bonds. The SMILES string of the molecule is COC(C)(C)c1noc(-c2ccc(Br)cc2N)n1. The van der Waals surface area contributed by atoms with Crippen molar-refractivity contribution in [2.75, 3.05) is 12.8 Å². The highest BCUT2D eigenvalue weighted by Crippen LogP contribution is 2.29. The summed E-state index contributed by atoms with van der Waals surface area (Å²) in [6.45, 7) is 3.74. The zero-order valence-electron chi connectivity index (χ0n) is 10.4. The van der Waals surface area contributed by atoms with Crippen molar-refractivity contribution in [3.8, 4) is 11.5 Å². The largest absolute Gasteiger partial charge is 0.398 e. The zero-order chi connectivity index (χ0) is 13.3. The molecule has 2 aromatic rings. The monoisotopic (exact) mass is 311 g/mol. The number of methoxy groups -OCH3 is 1. The third-order valence-electron chi connectivity index (χ3n) is 2.72. The minimum absolute atomic E-state index is 0.389. The predicted molar refractivity (Wildman–Crippen MR) is 71.9 cm³/mol. The van der Waals surface area contributed by atoms with Crippen molar-refractivity contribution in [1.82, 2.24) is 10.1 Å². The lowest BCUT2D eigenvalue weighted by molar-refractivity contribution is 0.00973. The highest BCUT2D eigenvalue weighted by Gasteiger charge is 2.26. The normalized spacial score (nSPS) is 11.8. The fourth-order valence-corrected chi connectivity index (χ4v) is 1.78. The van der Waals surface area contributed by atoms with Crippen molar-refractivity contribution in [2.45, 2.75) is 19.4 Å². The van der Waals surface area contributed by atoms with E-state index in [-0.39, 0.29) is 0 Å². The second-order valence-corrected chi connectivity index (χ2v) is 5.28. The minimum atomic E-state index is -0.591. The topological polar surface area (TPSA) is 74.2 Å². The number of nitrogen functional groups attached to an aromatic ring is 1. The van der Waals surface area contributed by atoms with E-state index < -0.39 is 5.60 Å². The van der Waals surface area contributed by atoms with Gasteiger partial charge in [0.2, 0.25) is 5.82 Å². The highest BCUT2D eigenvalue weighted by molar-refractivity contribution is 9.10. The molecular formula is C12H14BrN3O2. The van der Waals surface area contributed by atoms with Crippen LogP contribution in [0.1, 0.15) is 19.7 Å². The Bertz CT molecular complexity index is 566. The molecule has 5 nitrogen and oxygen atoms in total. The molecule has 6 heteroatoms. The van der Waals surface area contributed by atoms with Crippen LogP contribution >= 0.6 is 15.9 Å². The van der Waals surface area contributed by atoms with E-state index in [0.717, 1.165) is 4.47 Å². The summed E-state index contributed by atoms with van der Waals surface area (Å²) >= 11 is 3.35. The predicted octanol–water partition coefficient (Wildman–Crippen LogP) is 2.96. The van der Waals surface area contributed by atoms with Gasteiger partial charge in [0.05, 0.1) is 5.56 Å². The van der Waals surface area contributed by atoms with Crippen molar-refractivity contribution in [2.24, 2.45) is 0 Å². The second kappa shape index (κ2) is 4.70. The van der Waals surface area contributed by atoms with E-state index in [9.17, 15) is 0 Å². The van der Waals surface area contributed by atoms with Crippen molar-refractivity contribution in [1.29, 1.82) is 0 Å². The van der Waals surface area contributed by atoms with Crippen LogP contribution in [0.25, 0.3) is 11.5 Å². The smallest absolute Gasteiger partial charge is 0.260 e. The van der Waals surface area contributed by atoms with Crippen LogP contribution in [-0.2, 0) is 10.3 Å². The average molecular weight is 312 g/mol. The molecule has 0 aliphatic rings. The lowest BCUT2D eigenvalue weighted by Crippen LogP contribution is -2.21. The van der Waals surface area contributed by atoms with E-state index in [1.165, 1.54) is 0 Å². The zero-order valence-corrected chi connectivity index (χ0v) is 12.0. The number of halogens is 1. The summed E-state index contributed by atoms with van der Waals surface area (Å²) in [7, 11) is 1.60. The van der Waals surface area contributed by atoms with Crippen LogP contribution in [0.4, 0.5) is 5.69 Å². The van der Waals surface area contributed by atoms with E-state index in [2.05, 4.69) is 26.1 Å². The van der Waals surface area contributed by atoms with Crippen LogP contribution in [0.3, 0.4) is 0 Å². The summed E-state index contributed by atoms with van der Waals surface area (Å²) in [5.41, 5.74) is 6.61. The summed E-state index contributed by atoms with van der Waals surface area (Å²) < 4.78 is 11.4. The van der Waals surface area contributed by atoms with Gasteiger partial charge in [0, 0.05) is 17.3 Å². The Morgan fingerprint density at radius 3 is 2.72 bits per heavy atom. The number of anilines is 1. The Morgan fingerprint density at radius 2 is 2.11 bits per heavy atom. The first-order valence-corrected chi connectivity index (χ1v) is 6.18. The lowest BCUT2D eigenvalue weighted by atomic mass is 10.1. The standard InChI is InChI=1S/C12H14BrN3O2/c1-12(2,17-3)11-15-10(18-16-11)8-5-4-7(13)6-9(8)14/h4-6H,14H2,1-3H3. The summed E-state index contributed by atoms with van der Waals surface area (Å²) in [5, 5.41) is 3.92. The van der Waals surface area contributed by atoms with E-state index in [1.54, 1.807) is 13.2 Å². The summed E-state index contributed by atoms with van der Waals surface area (Å²) in [4.78, 5) is 4.32. The van der Waals surface area contributed by atoms with Crippen molar-refractivity contribution < 1.29 is 9.26 Å². The third kappa shape index (κ3) is 2.39. The van der Waals surface area contributed by atoms with E-state index in [0.29, 0.717) is 23.0 Å². The van der Waals surface area contributed by atoms with Gasteiger partial charge in [-0.3, -0.25) is 0 Å². The molecular weight excluding hydrogens is 298 g/mol. The van der Waals surface area contributed by atoms with E-state index in [1.807, 2.05) is 26.0 Å². The molecule has 96 valence electrons. The van der Waals surface area contributed by atoms with Crippen molar-refractivity contribution in [3.05, 3.63) is 28.5 Å². The molecule has 0 aliphatic heterocycles. The summed E-state index contributed by atoms with van der Waals surface area (Å²) in [5.74, 6) is 0.877. The maximum atomic E-state index is 5.92. The van der Waals surface area contributed by atoms with Crippen LogP contribution in [0, 0.1) is 0 Å². The number of nitrogens with zero attached hydrogens (tertiary/aromatic N) is 2. The van der Waals surface area contributed by atoms with Crippen LogP contribution in [0.2, 0.25) is 0 Å². The van der Waals surface area contributed by atoms with Gasteiger partial charge in [-0.1, -0.05) is 21.1 Å². The van der Waals surface area contributed by atoms with Gasteiger partial charge in [0.25, 0.3) is 5.89 Å². The molecule has 0 saturated carbocycles. The fourth-order valence-electron chi connectivity index (χ4n) is 1.40. The molecule has 1 aromatic carbocycles. The molecule has 1 heterocycles. The quantitative estimate of drug-likeness (QED) is 0.882. The maximum Gasteiger partial charge on any atom is 0.260 e. The average Bonchev–Trinajstić information content (AvgIpc) is 2.79. The number of aromatic nitrogens is 2. The van der Waals surface area contributed by atoms with Crippen molar-refractivity contribution >= 4 is 21.6 Å². The molecule has 0 unspecified atom stereocenters. The summed E-state index contributed by atoms with van der Waals surface area (Å²) in [6, 6.07) is 5.49. The number of rotatable bonds is 3. The first-order valence-electron chi connectivity index (χ1n) is 5.39. The Labute approximate surface area is 113 Å². The molecule has 1 aromatic heterocycles. The Hall–Kier alpha value is -1.40. The third-order valence-corrected chi connectivity index (χ3v) is 3.21. The van der Waals surface area contributed by atoms with Gasteiger partial charge >= 0.3 is 0 Å². The molecule has 0 saturated heterocycles. The maximum absolute atomic E-state index is 5.92. The minimum Gasteiger partial charge on any atom is -0.398 e. The van der Waals surface area contributed by atoms with Crippen LogP contribution in [-0.4, -0.2) is 17.3 Å². The van der Waals surface area contributed by atoms with Crippen LogP contribution in [0.5, 0.6) is 0 Å². The molecule has 0 bridgehead atoms. The number of nitrogens with two attached hydrogens (primary N) is 1. The Kier molecular flexibility index (Phi) is 3.41. The molecule has 2 N–H and O–H groups in total. The first kappa shape index (κ1) is 13.0. The van der Waals surface area contributed by atoms with Gasteiger partial charge < -0.3 is 15.0 Å². The molecule has 0 fully saturated rings. The van der Waals surface area contributed by atoms with E-state index in [4.69, 9.17) is 15.0 Å². The second-order valence-electron chi connectivity index (χ2n) is 4.37. The Morgan fingerprint density at radius 1 is 1.39 bits per heavy atom. The van der Waals surface area contributed by atoms with Crippen LogP contribution < -0.4 is 5.73 Å². The molecule has 0 spiro atoms. The molecule has 18 heavy (non-hydrogen) atoms. The van der Waals surface area contributed by atoms with Gasteiger partial charge in [-0.25, -0.2) is 0 Å². The number of benzene rings is 1. The van der Waals surface area contributed by atoms with Crippen molar-refractivity contribution in [3.63, 3.8) is 0 Å². The molecule has 0 aliphatic carbocycles. The lowest BCUT2D eigenvalue weighted by Gasteiger charge is -2.17. The molecule has 2 rings (SSSR count). The van der Waals surface area contributed by atoms with Gasteiger partial charge in [0.1, 0.15) is 5.60 Å².